The summed E-state index contributed by atoms with van der Waals surface area (Å²) in [6, 6.07) is 8.47. The third kappa shape index (κ3) is 2.17. The predicted octanol–water partition coefficient (Wildman–Crippen LogP) is -0.345. The van der Waals surface area contributed by atoms with E-state index in [2.05, 4.69) is 0 Å². The van der Waals surface area contributed by atoms with Gasteiger partial charge in [-0.25, -0.2) is 0 Å². The lowest BCUT2D eigenvalue weighted by Crippen LogP contribution is -2.44. The van der Waals surface area contributed by atoms with Crippen LogP contribution in [0.1, 0.15) is 0 Å². The van der Waals surface area contributed by atoms with Crippen molar-refractivity contribution < 1.29 is 10.2 Å². The quantitative estimate of drug-likeness (QED) is 0.285. The number of nitrogens with two attached hydrogens (primary N) is 1. The average Bonchev–Trinajstić information content (AvgIpc) is 2.04. The number of nitrogens with zero attached hydrogens (tertiary/aromatic N) is 1. The van der Waals surface area contributed by atoms with Gasteiger partial charge in [-0.05, 0) is 12.1 Å². The standard InChI is InChI=1S/C8H11N3O2/c9-7(10)11(8(12)13)6-4-2-1-3-5-6/h1-5,8,12-13H,(H3,9,10). The largest absolute Gasteiger partial charge is 0.370 e. The molecule has 0 fully saturated rings. The fourth-order valence-corrected chi connectivity index (χ4v) is 0.985. The summed E-state index contributed by atoms with van der Waals surface area (Å²) in [5.74, 6) is -0.416. The normalized spacial score (nSPS) is 10.1. The van der Waals surface area contributed by atoms with Crippen LogP contribution in [0.25, 0.3) is 0 Å². The molecule has 1 aromatic carbocycles. The molecule has 0 aliphatic heterocycles. The van der Waals surface area contributed by atoms with Gasteiger partial charge in [0.2, 0.25) is 6.41 Å². The Hall–Kier alpha value is -1.59. The molecule has 0 radical (unpaired) electrons. The fraction of sp³-hybridized carbons (Fsp3) is 0.125. The first-order valence-corrected chi connectivity index (χ1v) is 3.67. The summed E-state index contributed by atoms with van der Waals surface area (Å²) in [5.41, 5.74) is 5.62. The van der Waals surface area contributed by atoms with E-state index < -0.39 is 12.4 Å². The van der Waals surface area contributed by atoms with Crippen molar-refractivity contribution in [2.45, 2.75) is 6.41 Å². The lowest BCUT2D eigenvalue weighted by atomic mass is 10.3. The van der Waals surface area contributed by atoms with E-state index in [1.165, 1.54) is 0 Å². The van der Waals surface area contributed by atoms with E-state index in [0.29, 0.717) is 5.69 Å². The van der Waals surface area contributed by atoms with Gasteiger partial charge in [0.05, 0.1) is 0 Å². The molecule has 0 amide bonds. The molecule has 0 aliphatic carbocycles. The van der Waals surface area contributed by atoms with Crippen LogP contribution in [0.5, 0.6) is 0 Å². The molecule has 5 N–H and O–H groups in total. The number of aliphatic hydroxyl groups excluding tert-OH is 1. The Morgan fingerprint density at radius 3 is 2.23 bits per heavy atom. The van der Waals surface area contributed by atoms with Crippen LogP contribution in [0.4, 0.5) is 5.69 Å². The maximum atomic E-state index is 8.90. The molecule has 5 nitrogen and oxygen atoms in total. The van der Waals surface area contributed by atoms with Gasteiger partial charge in [0.25, 0.3) is 0 Å². The van der Waals surface area contributed by atoms with E-state index in [-0.39, 0.29) is 0 Å². The average molecular weight is 181 g/mol. The molecule has 13 heavy (non-hydrogen) atoms. The van der Waals surface area contributed by atoms with E-state index in [1.807, 2.05) is 0 Å². The van der Waals surface area contributed by atoms with Gasteiger partial charge < -0.3 is 15.9 Å². The second kappa shape index (κ2) is 3.88. The van der Waals surface area contributed by atoms with Gasteiger partial charge in [-0.15, -0.1) is 0 Å². The summed E-state index contributed by atoms with van der Waals surface area (Å²) in [6.45, 7) is 0. The zero-order valence-electron chi connectivity index (χ0n) is 6.88. The molecule has 1 rings (SSSR count). The molecule has 70 valence electrons. The molecule has 0 aliphatic rings. The highest BCUT2D eigenvalue weighted by Gasteiger charge is 2.15. The predicted molar refractivity (Wildman–Crippen MR) is 49.1 cm³/mol. The minimum absolute atomic E-state index is 0.416. The van der Waals surface area contributed by atoms with Crippen molar-refractivity contribution in [3.05, 3.63) is 30.3 Å². The highest BCUT2D eigenvalue weighted by atomic mass is 16.5. The molecule has 0 saturated carbocycles. The highest BCUT2D eigenvalue weighted by Crippen LogP contribution is 2.13. The van der Waals surface area contributed by atoms with Gasteiger partial charge in [0, 0.05) is 5.69 Å². The van der Waals surface area contributed by atoms with Crippen molar-refractivity contribution in [1.29, 1.82) is 5.41 Å². The van der Waals surface area contributed by atoms with Crippen molar-refractivity contribution >= 4 is 11.6 Å². The maximum absolute atomic E-state index is 8.90. The summed E-state index contributed by atoms with van der Waals surface area (Å²) in [7, 11) is 0. The zero-order chi connectivity index (χ0) is 9.84. The Labute approximate surface area is 75.5 Å². The van der Waals surface area contributed by atoms with Crippen LogP contribution in [0.15, 0.2) is 30.3 Å². The van der Waals surface area contributed by atoms with Gasteiger partial charge in [-0.2, -0.15) is 0 Å². The Kier molecular flexibility index (Phi) is 2.84. The van der Waals surface area contributed by atoms with Crippen LogP contribution >= 0.6 is 0 Å². The molecule has 0 atom stereocenters. The van der Waals surface area contributed by atoms with Gasteiger partial charge in [0.1, 0.15) is 0 Å². The van der Waals surface area contributed by atoms with Crippen LogP contribution in [0.3, 0.4) is 0 Å². The molecule has 1 aromatic rings. The highest BCUT2D eigenvalue weighted by molar-refractivity contribution is 5.92. The van der Waals surface area contributed by atoms with E-state index in [1.54, 1.807) is 30.3 Å². The number of rotatable bonds is 2. The third-order valence-electron chi connectivity index (χ3n) is 1.52. The summed E-state index contributed by atoms with van der Waals surface area (Å²) in [6.07, 6.45) is -1.79. The number of para-hydroxylation sites is 1. The van der Waals surface area contributed by atoms with E-state index in [9.17, 15) is 0 Å². The van der Waals surface area contributed by atoms with Crippen LogP contribution in [0, 0.1) is 5.41 Å². The maximum Gasteiger partial charge on any atom is 0.242 e. The second-order valence-corrected chi connectivity index (χ2v) is 2.44. The van der Waals surface area contributed by atoms with Crippen molar-refractivity contribution in [3.63, 3.8) is 0 Å². The monoisotopic (exact) mass is 181 g/mol. The first-order chi connectivity index (χ1) is 6.13. The van der Waals surface area contributed by atoms with Gasteiger partial charge >= 0.3 is 0 Å². The number of nitrogens with one attached hydrogen (secondary N) is 1. The molecular weight excluding hydrogens is 170 g/mol. The molecule has 0 bridgehead atoms. The zero-order valence-corrected chi connectivity index (χ0v) is 6.88. The topological polar surface area (TPSA) is 93.6 Å². The van der Waals surface area contributed by atoms with Crippen LogP contribution in [0.2, 0.25) is 0 Å². The van der Waals surface area contributed by atoms with Crippen LogP contribution in [-0.2, 0) is 0 Å². The van der Waals surface area contributed by atoms with Crippen molar-refractivity contribution in [2.75, 3.05) is 4.90 Å². The van der Waals surface area contributed by atoms with Crippen LogP contribution < -0.4 is 10.6 Å². The van der Waals surface area contributed by atoms with E-state index in [4.69, 9.17) is 21.4 Å². The SMILES string of the molecule is N=C(N)N(c1ccccc1)C(O)O. The number of guanidine groups is 1. The first kappa shape index (κ1) is 9.50. The number of hydrogen-bond acceptors (Lipinski definition) is 3. The summed E-state index contributed by atoms with van der Waals surface area (Å²) in [5, 5.41) is 24.9. The minimum atomic E-state index is -1.79. The number of hydrogen-bond donors (Lipinski definition) is 4. The molecule has 0 spiro atoms. The minimum Gasteiger partial charge on any atom is -0.370 e. The van der Waals surface area contributed by atoms with Gasteiger partial charge in [0.15, 0.2) is 5.96 Å². The van der Waals surface area contributed by atoms with Crippen molar-refractivity contribution in [2.24, 2.45) is 5.73 Å². The van der Waals surface area contributed by atoms with Gasteiger partial charge in [-0.3, -0.25) is 10.3 Å². The Morgan fingerprint density at radius 2 is 1.85 bits per heavy atom. The van der Waals surface area contributed by atoms with Crippen molar-refractivity contribution in [3.8, 4) is 0 Å². The lowest BCUT2D eigenvalue weighted by molar-refractivity contribution is -0.0308. The summed E-state index contributed by atoms with van der Waals surface area (Å²) >= 11 is 0. The Bertz CT molecular complexity index is 287. The van der Waals surface area contributed by atoms with Gasteiger partial charge in [-0.1, -0.05) is 18.2 Å². The molecular formula is C8H11N3O2. The molecule has 0 heterocycles. The molecule has 5 heteroatoms. The van der Waals surface area contributed by atoms with Crippen molar-refractivity contribution in [1.82, 2.24) is 0 Å². The van der Waals surface area contributed by atoms with E-state index in [0.717, 1.165) is 4.90 Å². The number of aliphatic hydroxyl groups is 2. The Balaban J connectivity index is 2.96. The smallest absolute Gasteiger partial charge is 0.242 e. The fourth-order valence-electron chi connectivity index (χ4n) is 0.985. The molecule has 0 saturated heterocycles. The Morgan fingerprint density at radius 1 is 1.31 bits per heavy atom. The second-order valence-electron chi connectivity index (χ2n) is 2.44. The first-order valence-electron chi connectivity index (χ1n) is 3.67. The number of anilines is 1. The molecule has 0 aromatic heterocycles. The molecule has 0 unspecified atom stereocenters. The van der Waals surface area contributed by atoms with Crippen LogP contribution in [-0.4, -0.2) is 22.6 Å². The summed E-state index contributed by atoms with van der Waals surface area (Å²) in [4.78, 5) is 0.889. The summed E-state index contributed by atoms with van der Waals surface area (Å²) < 4.78 is 0. The van der Waals surface area contributed by atoms with E-state index >= 15 is 0 Å². The third-order valence-corrected chi connectivity index (χ3v) is 1.52. The lowest BCUT2D eigenvalue weighted by Gasteiger charge is -2.23. The number of benzene rings is 1.